The Balaban J connectivity index is 1.85. The minimum Gasteiger partial charge on any atom is -0.395 e. The van der Waals surface area contributed by atoms with E-state index in [2.05, 4.69) is 10.1 Å². The van der Waals surface area contributed by atoms with Crippen LogP contribution in [0, 0.1) is 0 Å². The third kappa shape index (κ3) is 2.55. The van der Waals surface area contributed by atoms with E-state index in [1.54, 1.807) is 28.0 Å². The Kier molecular flexibility index (Phi) is 3.47. The van der Waals surface area contributed by atoms with E-state index in [9.17, 15) is 4.79 Å². The summed E-state index contributed by atoms with van der Waals surface area (Å²) in [6, 6.07) is 7.57. The van der Waals surface area contributed by atoms with Crippen molar-refractivity contribution < 1.29 is 9.90 Å². The van der Waals surface area contributed by atoms with Crippen LogP contribution >= 0.6 is 0 Å². The number of rotatable bonds is 5. The second-order valence-corrected chi connectivity index (χ2v) is 4.84. The van der Waals surface area contributed by atoms with Crippen molar-refractivity contribution in [3.8, 4) is 5.69 Å². The number of aromatic nitrogens is 3. The third-order valence-electron chi connectivity index (χ3n) is 3.37. The van der Waals surface area contributed by atoms with Gasteiger partial charge in [0.15, 0.2) is 0 Å². The van der Waals surface area contributed by atoms with Gasteiger partial charge in [0.1, 0.15) is 12.7 Å². The number of hydrogen-bond donors (Lipinski definition) is 1. The Bertz CT molecular complexity index is 593. The van der Waals surface area contributed by atoms with Crippen molar-refractivity contribution in [3.05, 3.63) is 42.5 Å². The van der Waals surface area contributed by atoms with Crippen molar-refractivity contribution in [1.82, 2.24) is 19.7 Å². The van der Waals surface area contributed by atoms with E-state index in [1.807, 2.05) is 12.1 Å². The summed E-state index contributed by atoms with van der Waals surface area (Å²) in [4.78, 5) is 18.2. The van der Waals surface area contributed by atoms with E-state index in [4.69, 9.17) is 5.11 Å². The van der Waals surface area contributed by atoms with Gasteiger partial charge >= 0.3 is 0 Å². The molecular weight excluding hydrogens is 256 g/mol. The zero-order chi connectivity index (χ0) is 13.9. The van der Waals surface area contributed by atoms with Crippen molar-refractivity contribution >= 4 is 5.91 Å². The van der Waals surface area contributed by atoms with Crippen molar-refractivity contribution in [2.75, 3.05) is 13.2 Å². The predicted octanol–water partition coefficient (Wildman–Crippen LogP) is 0.864. The molecule has 20 heavy (non-hydrogen) atoms. The molecule has 0 bridgehead atoms. The maximum Gasteiger partial charge on any atom is 0.254 e. The summed E-state index contributed by atoms with van der Waals surface area (Å²) in [5.41, 5.74) is 1.41. The van der Waals surface area contributed by atoms with Gasteiger partial charge in [0, 0.05) is 18.2 Å². The first-order chi connectivity index (χ1) is 9.79. The summed E-state index contributed by atoms with van der Waals surface area (Å²) in [5, 5.41) is 13.2. The molecule has 1 aromatic carbocycles. The summed E-state index contributed by atoms with van der Waals surface area (Å²) in [6.45, 7) is 0.377. The van der Waals surface area contributed by atoms with Gasteiger partial charge in [-0.1, -0.05) is 6.07 Å². The lowest BCUT2D eigenvalue weighted by molar-refractivity contribution is 0.0707. The molecule has 0 atom stereocenters. The maximum atomic E-state index is 12.5. The van der Waals surface area contributed by atoms with Crippen LogP contribution in [-0.4, -0.2) is 49.9 Å². The minimum absolute atomic E-state index is 0.00892. The Morgan fingerprint density at radius 2 is 2.30 bits per heavy atom. The van der Waals surface area contributed by atoms with Crippen molar-refractivity contribution in [3.63, 3.8) is 0 Å². The van der Waals surface area contributed by atoms with Crippen LogP contribution in [0.15, 0.2) is 36.9 Å². The second-order valence-electron chi connectivity index (χ2n) is 4.84. The van der Waals surface area contributed by atoms with Gasteiger partial charge in [-0.05, 0) is 31.0 Å². The molecule has 1 aliphatic carbocycles. The first-order valence-corrected chi connectivity index (χ1v) is 6.66. The number of nitrogens with zero attached hydrogens (tertiary/aromatic N) is 4. The first kappa shape index (κ1) is 12.8. The lowest BCUT2D eigenvalue weighted by Gasteiger charge is -2.21. The average Bonchev–Trinajstić information content (AvgIpc) is 3.17. The van der Waals surface area contributed by atoms with Gasteiger partial charge in [-0.2, -0.15) is 5.10 Å². The van der Waals surface area contributed by atoms with Gasteiger partial charge in [0.2, 0.25) is 0 Å². The third-order valence-corrected chi connectivity index (χ3v) is 3.37. The van der Waals surface area contributed by atoms with Gasteiger partial charge in [0.05, 0.1) is 12.3 Å². The number of carbonyl (C=O) groups excluding carboxylic acids is 1. The Labute approximate surface area is 116 Å². The van der Waals surface area contributed by atoms with Crippen LogP contribution in [0.5, 0.6) is 0 Å². The number of aliphatic hydroxyl groups is 1. The fourth-order valence-electron chi connectivity index (χ4n) is 2.23. The van der Waals surface area contributed by atoms with Gasteiger partial charge in [-0.3, -0.25) is 4.79 Å². The lowest BCUT2D eigenvalue weighted by Crippen LogP contribution is -2.35. The molecule has 0 saturated heterocycles. The molecule has 1 N–H and O–H groups in total. The highest BCUT2D eigenvalue weighted by molar-refractivity contribution is 5.95. The van der Waals surface area contributed by atoms with Crippen molar-refractivity contribution in [2.45, 2.75) is 18.9 Å². The Morgan fingerprint density at radius 1 is 1.45 bits per heavy atom. The topological polar surface area (TPSA) is 71.2 Å². The standard InChI is InChI=1S/C14H16N4O2/c19-7-6-17(12-4-5-12)14(20)11-2-1-3-13(8-11)18-10-15-9-16-18/h1-3,8-10,12,19H,4-7H2. The molecule has 1 amide bonds. The molecule has 104 valence electrons. The molecule has 1 aromatic heterocycles. The van der Waals surface area contributed by atoms with Crippen LogP contribution in [-0.2, 0) is 0 Å². The van der Waals surface area contributed by atoms with Crippen LogP contribution < -0.4 is 0 Å². The van der Waals surface area contributed by atoms with Crippen molar-refractivity contribution in [2.24, 2.45) is 0 Å². The van der Waals surface area contributed by atoms with Gasteiger partial charge < -0.3 is 10.0 Å². The molecule has 1 heterocycles. The van der Waals surface area contributed by atoms with Crippen LogP contribution in [0.2, 0.25) is 0 Å². The second kappa shape index (κ2) is 5.42. The normalized spacial score (nSPS) is 14.2. The number of aliphatic hydroxyl groups excluding tert-OH is 1. The molecule has 6 heteroatoms. The smallest absolute Gasteiger partial charge is 0.254 e. The maximum absolute atomic E-state index is 12.5. The predicted molar refractivity (Wildman–Crippen MR) is 72.5 cm³/mol. The van der Waals surface area contributed by atoms with Crippen LogP contribution in [0.3, 0.4) is 0 Å². The number of amides is 1. The highest BCUT2D eigenvalue weighted by Crippen LogP contribution is 2.28. The number of carbonyl (C=O) groups is 1. The highest BCUT2D eigenvalue weighted by Gasteiger charge is 2.32. The molecule has 1 aliphatic rings. The molecular formula is C14H16N4O2. The fraction of sp³-hybridized carbons (Fsp3) is 0.357. The molecule has 1 saturated carbocycles. The molecule has 3 rings (SSSR count). The highest BCUT2D eigenvalue weighted by atomic mass is 16.3. The molecule has 0 aliphatic heterocycles. The summed E-state index contributed by atoms with van der Waals surface area (Å²) >= 11 is 0. The van der Waals surface area contributed by atoms with E-state index in [0.29, 0.717) is 12.1 Å². The summed E-state index contributed by atoms with van der Waals surface area (Å²) < 4.78 is 1.62. The number of hydrogen-bond acceptors (Lipinski definition) is 4. The van der Waals surface area contributed by atoms with Crippen LogP contribution in [0.25, 0.3) is 5.69 Å². The van der Waals surface area contributed by atoms with E-state index in [1.165, 1.54) is 6.33 Å². The fourth-order valence-corrected chi connectivity index (χ4v) is 2.23. The zero-order valence-corrected chi connectivity index (χ0v) is 11.0. The first-order valence-electron chi connectivity index (χ1n) is 6.66. The zero-order valence-electron chi connectivity index (χ0n) is 11.0. The lowest BCUT2D eigenvalue weighted by atomic mass is 10.1. The van der Waals surface area contributed by atoms with E-state index in [0.717, 1.165) is 18.5 Å². The van der Waals surface area contributed by atoms with E-state index >= 15 is 0 Å². The van der Waals surface area contributed by atoms with Crippen LogP contribution in [0.4, 0.5) is 0 Å². The molecule has 6 nitrogen and oxygen atoms in total. The molecule has 0 radical (unpaired) electrons. The molecule has 2 aromatic rings. The van der Waals surface area contributed by atoms with Crippen LogP contribution in [0.1, 0.15) is 23.2 Å². The van der Waals surface area contributed by atoms with Gasteiger partial charge in [-0.25, -0.2) is 9.67 Å². The summed E-state index contributed by atoms with van der Waals surface area (Å²) in [6.07, 6.45) is 5.09. The SMILES string of the molecule is O=C(c1cccc(-n2cncn2)c1)N(CCO)C1CC1. The van der Waals surface area contributed by atoms with Gasteiger partial charge in [0.25, 0.3) is 5.91 Å². The molecule has 0 unspecified atom stereocenters. The largest absolute Gasteiger partial charge is 0.395 e. The summed E-state index contributed by atoms with van der Waals surface area (Å²) in [5.74, 6) is -0.0384. The summed E-state index contributed by atoms with van der Waals surface area (Å²) in [7, 11) is 0. The average molecular weight is 272 g/mol. The monoisotopic (exact) mass is 272 g/mol. The number of benzene rings is 1. The molecule has 1 fully saturated rings. The quantitative estimate of drug-likeness (QED) is 0.876. The Morgan fingerprint density at radius 3 is 2.95 bits per heavy atom. The molecule has 0 spiro atoms. The van der Waals surface area contributed by atoms with Crippen molar-refractivity contribution in [1.29, 1.82) is 0 Å². The minimum atomic E-state index is -0.0384. The van der Waals surface area contributed by atoms with E-state index < -0.39 is 0 Å². The Hall–Kier alpha value is -2.21. The van der Waals surface area contributed by atoms with E-state index in [-0.39, 0.29) is 18.6 Å². The van der Waals surface area contributed by atoms with Gasteiger partial charge in [-0.15, -0.1) is 0 Å².